The Balaban J connectivity index is 1.29. The molecule has 0 saturated carbocycles. The van der Waals surface area contributed by atoms with Gasteiger partial charge in [-0.05, 0) is 75.6 Å². The van der Waals surface area contributed by atoms with Crippen LogP contribution >= 0.6 is 22.9 Å². The second-order valence-corrected chi connectivity index (χ2v) is 11.8. The Morgan fingerprint density at radius 1 is 1.23 bits per heavy atom. The van der Waals surface area contributed by atoms with E-state index in [1.165, 1.54) is 29.8 Å². The summed E-state index contributed by atoms with van der Waals surface area (Å²) in [7, 11) is 0. The Hall–Kier alpha value is -3.87. The van der Waals surface area contributed by atoms with Gasteiger partial charge in [-0.15, -0.1) is 11.3 Å². The van der Waals surface area contributed by atoms with Crippen molar-refractivity contribution in [2.45, 2.75) is 51.9 Å². The zero-order valence-electron chi connectivity index (χ0n) is 22.3. The van der Waals surface area contributed by atoms with E-state index in [1.54, 1.807) is 29.2 Å². The molecule has 3 heterocycles. The molecule has 4 aromatic rings. The van der Waals surface area contributed by atoms with Crippen LogP contribution in [-0.4, -0.2) is 39.1 Å². The lowest BCUT2D eigenvalue weighted by Crippen LogP contribution is -2.39. The maximum absolute atomic E-state index is 13.4. The minimum atomic E-state index is -0.550. The molecule has 1 atom stereocenters. The first-order valence-corrected chi connectivity index (χ1v) is 14.0. The molecule has 0 spiro atoms. The number of hydrogen-bond donors (Lipinski definition) is 1. The van der Waals surface area contributed by atoms with Gasteiger partial charge in [0.2, 0.25) is 0 Å². The van der Waals surface area contributed by atoms with Crippen LogP contribution in [0.5, 0.6) is 5.75 Å². The van der Waals surface area contributed by atoms with E-state index in [9.17, 15) is 9.18 Å². The number of benzene rings is 2. The number of carbonyl (C=O) groups excluding carboxylic acids is 1. The highest BCUT2D eigenvalue weighted by Crippen LogP contribution is 2.33. The van der Waals surface area contributed by atoms with Crippen LogP contribution in [0.15, 0.2) is 54.9 Å². The third-order valence-corrected chi connectivity index (χ3v) is 7.37. The fourth-order valence-electron chi connectivity index (χ4n) is 4.24. The second kappa shape index (κ2) is 11.7. The Morgan fingerprint density at radius 3 is 2.85 bits per heavy atom. The number of carbonyl (C=O) groups is 1. The van der Waals surface area contributed by atoms with Crippen LogP contribution in [0.4, 0.5) is 20.7 Å². The van der Waals surface area contributed by atoms with Gasteiger partial charge in [0.05, 0.1) is 26.2 Å². The molecule has 206 valence electrons. The van der Waals surface area contributed by atoms with Crippen molar-refractivity contribution in [2.24, 2.45) is 0 Å². The molecule has 2 aromatic heterocycles. The predicted molar refractivity (Wildman–Crippen MR) is 156 cm³/mol. The van der Waals surface area contributed by atoms with Crippen molar-refractivity contribution < 1.29 is 18.7 Å². The summed E-state index contributed by atoms with van der Waals surface area (Å²) in [4.78, 5) is 23.9. The number of amides is 1. The van der Waals surface area contributed by atoms with Crippen LogP contribution in [-0.2, 0) is 11.3 Å². The SMILES string of the molecule is CC(C)(C)OC(=O)N1CCCC1C#Cc1cc2ncnc(Nc3ccc(OCc4cccc(F)c4)c(Cl)c3)c2s1. The average molecular weight is 579 g/mol. The topological polar surface area (TPSA) is 76.6 Å². The summed E-state index contributed by atoms with van der Waals surface area (Å²) in [5, 5.41) is 3.72. The lowest BCUT2D eigenvalue weighted by molar-refractivity contribution is 0.0261. The van der Waals surface area contributed by atoms with Crippen molar-refractivity contribution in [2.75, 3.05) is 11.9 Å². The highest BCUT2D eigenvalue weighted by atomic mass is 35.5. The van der Waals surface area contributed by atoms with Crippen molar-refractivity contribution in [3.63, 3.8) is 0 Å². The molecular formula is C30H28ClFN4O3S. The highest BCUT2D eigenvalue weighted by Gasteiger charge is 2.31. The van der Waals surface area contributed by atoms with E-state index in [4.69, 9.17) is 21.1 Å². The second-order valence-electron chi connectivity index (χ2n) is 10.3. The van der Waals surface area contributed by atoms with Gasteiger partial charge < -0.3 is 14.8 Å². The summed E-state index contributed by atoms with van der Waals surface area (Å²) in [5.74, 6) is 7.28. The first kappa shape index (κ1) is 27.7. The van der Waals surface area contributed by atoms with Gasteiger partial charge in [-0.3, -0.25) is 4.90 Å². The van der Waals surface area contributed by atoms with Crippen LogP contribution in [0, 0.1) is 17.7 Å². The first-order valence-electron chi connectivity index (χ1n) is 12.8. The number of fused-ring (bicyclic) bond motifs is 1. The zero-order valence-corrected chi connectivity index (χ0v) is 23.9. The number of hydrogen-bond acceptors (Lipinski definition) is 7. The number of anilines is 2. The molecule has 2 aromatic carbocycles. The zero-order chi connectivity index (χ0) is 28.3. The first-order chi connectivity index (χ1) is 19.1. The molecule has 10 heteroatoms. The van der Waals surface area contributed by atoms with Gasteiger partial charge in [0.1, 0.15) is 30.1 Å². The number of likely N-dealkylation sites (tertiary alicyclic amines) is 1. The van der Waals surface area contributed by atoms with Gasteiger partial charge in [-0.25, -0.2) is 19.2 Å². The van der Waals surface area contributed by atoms with Gasteiger partial charge in [-0.2, -0.15) is 0 Å². The normalized spacial score (nSPS) is 15.0. The maximum Gasteiger partial charge on any atom is 0.411 e. The summed E-state index contributed by atoms with van der Waals surface area (Å²) in [5.41, 5.74) is 1.65. The fraction of sp³-hybridized carbons (Fsp3) is 0.300. The standard InChI is InChI=1S/C30H28ClFN4O3S/c1-30(2,3)39-29(37)36-13-5-8-22(36)10-11-23-16-25-27(40-23)28(34-18-33-25)35-21-9-12-26(24(31)15-21)38-17-19-6-4-7-20(32)14-19/h4,6-7,9,12,14-16,18,22H,5,8,13,17H2,1-3H3,(H,33,34,35). The van der Waals surface area contributed by atoms with E-state index >= 15 is 0 Å². The number of halogens is 2. The number of nitrogens with zero attached hydrogens (tertiary/aromatic N) is 3. The molecular weight excluding hydrogens is 551 g/mol. The molecule has 1 saturated heterocycles. The smallest absolute Gasteiger partial charge is 0.411 e. The third kappa shape index (κ3) is 6.82. The molecule has 1 amide bonds. The van der Waals surface area contributed by atoms with Crippen molar-refractivity contribution in [1.29, 1.82) is 0 Å². The van der Waals surface area contributed by atoms with E-state index in [0.717, 1.165) is 33.6 Å². The Bertz CT molecular complexity index is 1610. The number of thiophene rings is 1. The van der Waals surface area contributed by atoms with Gasteiger partial charge in [0, 0.05) is 12.2 Å². The Labute approximate surface area is 241 Å². The van der Waals surface area contributed by atoms with Crippen LogP contribution in [0.3, 0.4) is 0 Å². The van der Waals surface area contributed by atoms with E-state index in [2.05, 4.69) is 27.1 Å². The molecule has 1 fully saturated rings. The van der Waals surface area contributed by atoms with Crippen LogP contribution in [0.25, 0.3) is 10.2 Å². The lowest BCUT2D eigenvalue weighted by atomic mass is 10.2. The largest absolute Gasteiger partial charge is 0.487 e. The summed E-state index contributed by atoms with van der Waals surface area (Å²) < 4.78 is 25.6. The van der Waals surface area contributed by atoms with Crippen molar-refractivity contribution in [1.82, 2.24) is 14.9 Å². The lowest BCUT2D eigenvalue weighted by Gasteiger charge is -2.26. The predicted octanol–water partition coefficient (Wildman–Crippen LogP) is 7.56. The Kier molecular flexibility index (Phi) is 8.10. The van der Waals surface area contributed by atoms with E-state index in [0.29, 0.717) is 28.7 Å². The van der Waals surface area contributed by atoms with Crippen LogP contribution in [0.1, 0.15) is 44.1 Å². The third-order valence-electron chi connectivity index (χ3n) is 6.03. The van der Waals surface area contributed by atoms with Crippen LogP contribution in [0.2, 0.25) is 5.02 Å². The van der Waals surface area contributed by atoms with E-state index in [1.807, 2.05) is 32.9 Å². The van der Waals surface area contributed by atoms with E-state index < -0.39 is 5.60 Å². The Morgan fingerprint density at radius 2 is 2.08 bits per heavy atom. The minimum Gasteiger partial charge on any atom is -0.487 e. The highest BCUT2D eigenvalue weighted by molar-refractivity contribution is 7.20. The fourth-order valence-corrected chi connectivity index (χ4v) is 5.39. The molecule has 5 rings (SSSR count). The molecule has 1 N–H and O–H groups in total. The maximum atomic E-state index is 13.4. The number of ether oxygens (including phenoxy) is 2. The molecule has 7 nitrogen and oxygen atoms in total. The van der Waals surface area contributed by atoms with E-state index in [-0.39, 0.29) is 24.6 Å². The molecule has 1 aliphatic heterocycles. The summed E-state index contributed by atoms with van der Waals surface area (Å²) >= 11 is 7.94. The quantitative estimate of drug-likeness (QED) is 0.246. The van der Waals surface area contributed by atoms with Crippen molar-refractivity contribution >= 4 is 50.8 Å². The molecule has 0 bridgehead atoms. The van der Waals surface area contributed by atoms with Crippen molar-refractivity contribution in [3.8, 4) is 17.6 Å². The summed E-state index contributed by atoms with van der Waals surface area (Å²) in [6.45, 7) is 6.41. The van der Waals surface area contributed by atoms with Gasteiger partial charge in [0.25, 0.3) is 0 Å². The molecule has 0 aliphatic carbocycles. The molecule has 0 radical (unpaired) electrons. The number of nitrogens with one attached hydrogen (secondary N) is 1. The van der Waals surface area contributed by atoms with Gasteiger partial charge >= 0.3 is 6.09 Å². The van der Waals surface area contributed by atoms with Crippen molar-refractivity contribution in [3.05, 3.63) is 76.1 Å². The van der Waals surface area contributed by atoms with Crippen LogP contribution < -0.4 is 10.1 Å². The monoisotopic (exact) mass is 578 g/mol. The molecule has 1 aliphatic rings. The van der Waals surface area contributed by atoms with Gasteiger partial charge in [0.15, 0.2) is 5.82 Å². The number of aromatic nitrogens is 2. The molecule has 40 heavy (non-hydrogen) atoms. The number of rotatable bonds is 5. The summed E-state index contributed by atoms with van der Waals surface area (Å²) in [6, 6.07) is 13.3. The summed E-state index contributed by atoms with van der Waals surface area (Å²) in [6.07, 6.45) is 2.87. The van der Waals surface area contributed by atoms with Gasteiger partial charge in [-0.1, -0.05) is 35.6 Å². The minimum absolute atomic E-state index is 0.187. The average Bonchev–Trinajstić information content (AvgIpc) is 3.53. The molecule has 1 unspecified atom stereocenters.